The van der Waals surface area contributed by atoms with Crippen LogP contribution < -0.4 is 18.9 Å². The number of methoxy groups -OCH3 is 4. The minimum absolute atomic E-state index is 0.336. The van der Waals surface area contributed by atoms with Gasteiger partial charge in [-0.3, -0.25) is 25.4 Å². The Kier molecular flexibility index (Phi) is 17.2. The normalized spacial score (nSPS) is 12.1. The second kappa shape index (κ2) is 27.3. The van der Waals surface area contributed by atoms with Gasteiger partial charge in [0, 0.05) is 154 Å². The number of aryl methyl sites for hydroxylation is 4. The van der Waals surface area contributed by atoms with Crippen molar-refractivity contribution in [2.24, 2.45) is 0 Å². The van der Waals surface area contributed by atoms with Crippen LogP contribution in [0.3, 0.4) is 0 Å². The highest BCUT2D eigenvalue weighted by molar-refractivity contribution is 7.17. The van der Waals surface area contributed by atoms with Gasteiger partial charge < -0.3 is 28.5 Å². The maximum absolute atomic E-state index is 9.76. The number of rotatable bonds is 12. The molecule has 10 heterocycles. The number of aromatic hydroxyl groups is 1. The molecule has 0 amide bonds. The molecule has 19 heteroatoms. The van der Waals surface area contributed by atoms with Crippen molar-refractivity contribution in [2.75, 3.05) is 28.4 Å². The highest BCUT2D eigenvalue weighted by Gasteiger charge is 2.32. The molecular formula is C85H69N9O6S4. The molecule has 20 rings (SSSR count). The maximum atomic E-state index is 9.76. The maximum Gasteiger partial charge on any atom is 0.118 e. The Hall–Kier alpha value is -11.6. The molecule has 0 spiro atoms. The van der Waals surface area contributed by atoms with Crippen LogP contribution >= 0.6 is 45.3 Å². The number of furan rings is 1. The molecule has 16 aromatic rings. The van der Waals surface area contributed by atoms with Crippen LogP contribution in [0.4, 0.5) is 0 Å². The second-order valence-corrected chi connectivity index (χ2v) is 30.7. The Morgan fingerprint density at radius 2 is 0.673 bits per heavy atom. The molecule has 0 saturated heterocycles. The number of phenolic OH excluding ortho intramolecular Hbond substituents is 1. The minimum atomic E-state index is 0.336. The third-order valence-electron chi connectivity index (χ3n) is 19.9. The molecule has 10 aromatic heterocycles. The van der Waals surface area contributed by atoms with Crippen LogP contribution in [-0.4, -0.2) is 79.3 Å². The molecule has 6 aromatic carbocycles. The monoisotopic (exact) mass is 1440 g/mol. The molecule has 0 radical (unpaired) electrons. The number of pyridine rings is 1. The number of thiophene rings is 4. The van der Waals surface area contributed by atoms with Crippen molar-refractivity contribution in [3.8, 4) is 161 Å². The van der Waals surface area contributed by atoms with Crippen LogP contribution in [-0.2, 0) is 25.7 Å². The lowest BCUT2D eigenvalue weighted by molar-refractivity contribution is 0.415. The largest absolute Gasteiger partial charge is 0.508 e. The van der Waals surface area contributed by atoms with Gasteiger partial charge in [0.2, 0.25) is 0 Å². The molecule has 514 valence electrons. The van der Waals surface area contributed by atoms with E-state index in [9.17, 15) is 5.11 Å². The molecule has 5 N–H and O–H groups in total. The minimum Gasteiger partial charge on any atom is -0.508 e. The zero-order chi connectivity index (χ0) is 70.9. The molecule has 0 fully saturated rings. The van der Waals surface area contributed by atoms with Gasteiger partial charge in [0.15, 0.2) is 0 Å². The Morgan fingerprint density at radius 1 is 0.346 bits per heavy atom. The van der Waals surface area contributed by atoms with Crippen molar-refractivity contribution in [3.05, 3.63) is 259 Å². The SMILES string of the molecule is COc1ccc(-c2n[nH]c3c2Cc2sc(-c4ccc(C)c(C)c4)cc2-3)cc1.COc1ccc(-c2n[nH]c3c2Cc2sc(-c4ccc(C)nc4)cc2-3)cc1.COc1ccc(-c2n[nH]c3c2Cc2sc(-c4ccc(O)c(C)c4)cc2-3)cc1.COc1ccc(-c2n[nH]c3c2Cc2sc(-c4ccoc4)cc2-3)cc1. The highest BCUT2D eigenvalue weighted by atomic mass is 32.1. The number of nitrogens with zero attached hydrogens (tertiary/aromatic N) is 5. The standard InChI is InChI=1S/C23H20N2OS.C22H18N2O2S.C21H17N3OS.C19H14N2O2S/c1-13-4-5-16(10-14(13)2)20-11-18-21(27-20)12-19-22(24-25-23(18)19)15-6-8-17(26-3)9-7-15;1-12-9-14(5-8-18(12)25)19-10-16-20(27-19)11-17-21(23-24-22(16)17)13-3-6-15(26-2)7-4-13;1-12-3-4-14(11-22-12)18-9-16-19(26-18)10-17-20(23-24-21(16)17)13-5-7-15(25-2)8-6-13;1-22-13-4-2-11(3-5-13)18-15-9-17-14(19(15)21-20-18)8-16(24-17)12-6-7-23-10-12/h4-11H,12H2,1-3H3,(H,24,25);3-10,25H,11H2,1-2H3,(H,23,24);3-9,11H,10H2,1-2H3,(H,23,24);2-8,10H,9H2,1H3,(H,20,21). The summed E-state index contributed by atoms with van der Waals surface area (Å²) in [5.41, 5.74) is 32.7. The van der Waals surface area contributed by atoms with Crippen LogP contribution in [0.1, 0.15) is 64.1 Å². The summed E-state index contributed by atoms with van der Waals surface area (Å²) >= 11 is 7.37. The van der Waals surface area contributed by atoms with Crippen LogP contribution in [0.2, 0.25) is 0 Å². The number of aromatic nitrogens is 9. The molecule has 0 bridgehead atoms. The van der Waals surface area contributed by atoms with Gasteiger partial charge in [-0.2, -0.15) is 20.4 Å². The first-order valence-electron chi connectivity index (χ1n) is 34.1. The van der Waals surface area contributed by atoms with Gasteiger partial charge >= 0.3 is 0 Å². The summed E-state index contributed by atoms with van der Waals surface area (Å²) in [7, 11) is 6.72. The molecule has 104 heavy (non-hydrogen) atoms. The summed E-state index contributed by atoms with van der Waals surface area (Å²) in [6.45, 7) is 8.27. The summed E-state index contributed by atoms with van der Waals surface area (Å²) in [6.07, 6.45) is 9.13. The Morgan fingerprint density at radius 3 is 0.990 bits per heavy atom. The number of fused-ring (bicyclic) bond motifs is 12. The van der Waals surface area contributed by atoms with Gasteiger partial charge in [-0.15, -0.1) is 45.3 Å². The van der Waals surface area contributed by atoms with E-state index in [2.05, 4.69) is 151 Å². The van der Waals surface area contributed by atoms with Crippen molar-refractivity contribution >= 4 is 45.3 Å². The van der Waals surface area contributed by atoms with Crippen LogP contribution in [0, 0.1) is 27.7 Å². The third-order valence-corrected chi connectivity index (χ3v) is 24.6. The average molecular weight is 1440 g/mol. The van der Waals surface area contributed by atoms with Crippen molar-refractivity contribution < 1.29 is 28.5 Å². The van der Waals surface area contributed by atoms with Gasteiger partial charge in [0.05, 0.1) is 86.5 Å². The number of ether oxygens (including phenoxy) is 4. The van der Waals surface area contributed by atoms with E-state index in [0.29, 0.717) is 5.75 Å². The average Bonchev–Trinajstić information content (AvgIpc) is 1.61. The number of hydrogen-bond acceptors (Lipinski definition) is 15. The third kappa shape index (κ3) is 12.2. The predicted octanol–water partition coefficient (Wildman–Crippen LogP) is 21.5. The summed E-state index contributed by atoms with van der Waals surface area (Å²) in [4.78, 5) is 15.0. The molecular weight excluding hydrogens is 1370 g/mol. The van der Waals surface area contributed by atoms with E-state index in [-0.39, 0.29) is 0 Å². The first-order valence-corrected chi connectivity index (χ1v) is 37.3. The van der Waals surface area contributed by atoms with E-state index in [1.807, 2.05) is 144 Å². The zero-order valence-corrected chi connectivity index (χ0v) is 61.4. The van der Waals surface area contributed by atoms with Gasteiger partial charge in [0.1, 0.15) is 28.7 Å². The van der Waals surface area contributed by atoms with Gasteiger partial charge in [-0.05, 0) is 207 Å². The number of nitrogens with one attached hydrogen (secondary N) is 4. The van der Waals surface area contributed by atoms with E-state index < -0.39 is 0 Å². The fourth-order valence-electron chi connectivity index (χ4n) is 14.0. The summed E-state index contributed by atoms with van der Waals surface area (Å²) in [6, 6.07) is 60.0. The molecule has 4 aliphatic carbocycles. The molecule has 0 saturated carbocycles. The lowest BCUT2D eigenvalue weighted by Crippen LogP contribution is -1.86. The number of H-pyrrole nitrogens is 4. The highest BCUT2D eigenvalue weighted by Crippen LogP contribution is 2.51. The van der Waals surface area contributed by atoms with E-state index in [4.69, 9.17) is 23.4 Å². The Balaban J connectivity index is 0.000000103. The van der Waals surface area contributed by atoms with E-state index >= 15 is 0 Å². The molecule has 15 nitrogen and oxygen atoms in total. The predicted molar refractivity (Wildman–Crippen MR) is 419 cm³/mol. The van der Waals surface area contributed by atoms with Gasteiger partial charge in [0.25, 0.3) is 0 Å². The Bertz CT molecular complexity index is 5660. The quantitative estimate of drug-likeness (QED) is 0.0780. The van der Waals surface area contributed by atoms with Crippen molar-refractivity contribution in [1.29, 1.82) is 0 Å². The van der Waals surface area contributed by atoms with E-state index in [0.717, 1.165) is 133 Å². The lowest BCUT2D eigenvalue weighted by atomic mass is 10.0. The molecule has 0 aliphatic heterocycles. The number of phenols is 1. The smallest absolute Gasteiger partial charge is 0.118 e. The van der Waals surface area contributed by atoms with Crippen molar-refractivity contribution in [2.45, 2.75) is 53.4 Å². The lowest BCUT2D eigenvalue weighted by Gasteiger charge is -2.04. The summed E-state index contributed by atoms with van der Waals surface area (Å²) in [5.74, 6) is 3.76. The topological polar surface area (TPSA) is 198 Å². The first-order chi connectivity index (χ1) is 50.8. The Labute approximate surface area is 616 Å². The second-order valence-electron chi connectivity index (χ2n) is 26.1. The van der Waals surface area contributed by atoms with Crippen LogP contribution in [0.15, 0.2) is 199 Å². The molecule has 0 unspecified atom stereocenters. The number of benzene rings is 6. The summed E-state index contributed by atoms with van der Waals surface area (Å²) in [5, 5.41) is 41.1. The van der Waals surface area contributed by atoms with Gasteiger partial charge in [-0.25, -0.2) is 0 Å². The van der Waals surface area contributed by atoms with Crippen LogP contribution in [0.5, 0.6) is 28.7 Å². The first kappa shape index (κ1) is 65.7. The molecule has 4 aliphatic rings. The molecule has 0 atom stereocenters. The summed E-state index contributed by atoms with van der Waals surface area (Å²) < 4.78 is 26.2. The van der Waals surface area contributed by atoms with Crippen molar-refractivity contribution in [3.63, 3.8) is 0 Å². The number of aromatic amines is 4. The zero-order valence-electron chi connectivity index (χ0n) is 58.2. The van der Waals surface area contributed by atoms with Crippen molar-refractivity contribution in [1.82, 2.24) is 45.8 Å². The van der Waals surface area contributed by atoms with E-state index in [1.165, 1.54) is 111 Å². The number of hydrogen-bond donors (Lipinski definition) is 5. The van der Waals surface area contributed by atoms with Crippen LogP contribution in [0.25, 0.3) is 132 Å². The van der Waals surface area contributed by atoms with Gasteiger partial charge in [-0.1, -0.05) is 24.3 Å². The fraction of sp³-hybridized carbons (Fsp3) is 0.141. The van der Waals surface area contributed by atoms with E-state index in [1.54, 1.807) is 47.0 Å². The fourth-order valence-corrected chi connectivity index (χ4v) is 18.7.